The summed E-state index contributed by atoms with van der Waals surface area (Å²) in [5.74, 6) is 0.0875. The van der Waals surface area contributed by atoms with Crippen LogP contribution < -0.4 is 0 Å². The van der Waals surface area contributed by atoms with Crippen LogP contribution in [0.2, 0.25) is 0 Å². The number of ketones is 1. The van der Waals surface area contributed by atoms with Gasteiger partial charge in [0, 0.05) is 18.9 Å². The molecular formula is C7H12NOSi. The maximum Gasteiger partial charge on any atom is 0.154 e. The van der Waals surface area contributed by atoms with Crippen LogP contribution in [0.4, 0.5) is 0 Å². The third kappa shape index (κ3) is 3.45. The lowest BCUT2D eigenvalue weighted by atomic mass is 10.3. The molecule has 0 saturated heterocycles. The van der Waals surface area contributed by atoms with Crippen LogP contribution in [0.1, 0.15) is 13.8 Å². The van der Waals surface area contributed by atoms with Gasteiger partial charge in [-0.3, -0.25) is 4.79 Å². The molecule has 3 heteroatoms. The Labute approximate surface area is 65.3 Å². The fraction of sp³-hybridized carbons (Fsp3) is 0.571. The van der Waals surface area contributed by atoms with E-state index in [4.69, 9.17) is 0 Å². The monoisotopic (exact) mass is 154 g/mol. The quantitative estimate of drug-likeness (QED) is 0.437. The number of rotatable bonds is 3. The normalized spacial score (nSPS) is 11.4. The van der Waals surface area contributed by atoms with Gasteiger partial charge in [-0.1, -0.05) is 0 Å². The topological polar surface area (TPSA) is 20.3 Å². The third-order valence-corrected chi connectivity index (χ3v) is 1.73. The molecule has 0 N–H and O–H groups in total. The van der Waals surface area contributed by atoms with Crippen molar-refractivity contribution in [2.75, 3.05) is 13.2 Å². The van der Waals surface area contributed by atoms with Crippen LogP contribution >= 0.6 is 0 Å². The highest BCUT2D eigenvalue weighted by atomic mass is 28.1. The Balaban J connectivity index is 4.04. The van der Waals surface area contributed by atoms with E-state index in [9.17, 15) is 4.79 Å². The van der Waals surface area contributed by atoms with E-state index in [1.165, 1.54) is 0 Å². The van der Waals surface area contributed by atoms with E-state index in [-0.39, 0.29) is 5.78 Å². The molecular weight excluding hydrogens is 142 g/mol. The molecule has 0 aromatic heterocycles. The van der Waals surface area contributed by atoms with E-state index < -0.39 is 0 Å². The number of carbonyl (C=O) groups excluding carboxylic acids is 1. The van der Waals surface area contributed by atoms with Gasteiger partial charge in [-0.25, -0.2) is 0 Å². The van der Waals surface area contributed by atoms with Gasteiger partial charge in [-0.15, -0.1) is 0 Å². The van der Waals surface area contributed by atoms with Gasteiger partial charge in [0.05, 0.1) is 10.2 Å². The maximum atomic E-state index is 10.6. The van der Waals surface area contributed by atoms with Crippen molar-refractivity contribution in [1.29, 1.82) is 0 Å². The molecule has 0 saturated carbocycles. The minimum atomic E-state index is 0.0875. The molecule has 0 aromatic carbocycles. The molecule has 0 aliphatic rings. The van der Waals surface area contributed by atoms with Crippen molar-refractivity contribution in [3.05, 3.63) is 11.8 Å². The summed E-state index contributed by atoms with van der Waals surface area (Å²) in [5, 5.41) is 0. The van der Waals surface area contributed by atoms with E-state index in [1.807, 2.05) is 18.9 Å². The predicted octanol–water partition coefficient (Wildman–Crippen LogP) is 0.537. The first-order valence-electron chi connectivity index (χ1n) is 3.12. The average molecular weight is 154 g/mol. The fourth-order valence-electron chi connectivity index (χ4n) is 0.529. The first-order valence-corrected chi connectivity index (χ1v) is 3.83. The molecule has 0 spiro atoms. The molecule has 0 aromatic rings. The molecule has 0 aliphatic carbocycles. The molecule has 0 atom stereocenters. The van der Waals surface area contributed by atoms with Gasteiger partial charge in [-0.05, 0) is 19.9 Å². The van der Waals surface area contributed by atoms with Crippen LogP contribution in [-0.4, -0.2) is 34.1 Å². The number of hydrogen-bond donors (Lipinski definition) is 0. The lowest BCUT2D eigenvalue weighted by Gasteiger charge is -2.16. The second-order valence-electron chi connectivity index (χ2n) is 2.25. The van der Waals surface area contributed by atoms with Crippen LogP contribution in [0.25, 0.3) is 0 Å². The Kier molecular flexibility index (Phi) is 4.03. The van der Waals surface area contributed by atoms with Crippen LogP contribution in [0.3, 0.4) is 0 Å². The average Bonchev–Trinajstić information content (AvgIpc) is 1.85. The van der Waals surface area contributed by atoms with Crippen LogP contribution in [-0.2, 0) is 4.79 Å². The van der Waals surface area contributed by atoms with Crippen LogP contribution in [0.15, 0.2) is 11.8 Å². The van der Waals surface area contributed by atoms with Gasteiger partial charge in [0.15, 0.2) is 5.78 Å². The van der Waals surface area contributed by atoms with Gasteiger partial charge < -0.3 is 4.90 Å². The van der Waals surface area contributed by atoms with E-state index >= 15 is 0 Å². The Morgan fingerprint density at radius 3 is 2.40 bits per heavy atom. The summed E-state index contributed by atoms with van der Waals surface area (Å²) in [7, 11) is 5.24. The zero-order valence-corrected chi connectivity index (χ0v) is 7.64. The maximum absolute atomic E-state index is 10.6. The smallest absolute Gasteiger partial charge is 0.154 e. The minimum Gasteiger partial charge on any atom is -0.382 e. The summed E-state index contributed by atoms with van der Waals surface area (Å²) in [6, 6.07) is 0. The van der Waals surface area contributed by atoms with Gasteiger partial charge in [-0.2, -0.15) is 0 Å². The van der Waals surface area contributed by atoms with E-state index in [2.05, 4.69) is 10.2 Å². The van der Waals surface area contributed by atoms with Crippen molar-refractivity contribution in [3.63, 3.8) is 0 Å². The second-order valence-corrected chi connectivity index (χ2v) is 2.57. The summed E-state index contributed by atoms with van der Waals surface area (Å²) in [5.41, 5.74) is 0.975. The molecule has 0 aliphatic heterocycles. The van der Waals surface area contributed by atoms with Crippen LogP contribution in [0.5, 0.6) is 0 Å². The van der Waals surface area contributed by atoms with E-state index in [1.54, 1.807) is 13.0 Å². The molecule has 0 rings (SSSR count). The second kappa shape index (κ2) is 4.28. The molecule has 3 radical (unpaired) electrons. The lowest BCUT2D eigenvalue weighted by molar-refractivity contribution is -0.112. The first kappa shape index (κ1) is 9.43. The highest BCUT2D eigenvalue weighted by molar-refractivity contribution is 6.08. The molecule has 0 unspecified atom stereocenters. The highest BCUT2D eigenvalue weighted by Gasteiger charge is 1.95. The van der Waals surface area contributed by atoms with E-state index in [0.717, 1.165) is 11.9 Å². The van der Waals surface area contributed by atoms with Crippen molar-refractivity contribution in [3.8, 4) is 0 Å². The van der Waals surface area contributed by atoms with Crippen molar-refractivity contribution in [2.45, 2.75) is 13.8 Å². The molecule has 0 fully saturated rings. The Morgan fingerprint density at radius 1 is 1.60 bits per heavy atom. The predicted molar refractivity (Wildman–Crippen MR) is 42.8 cm³/mol. The largest absolute Gasteiger partial charge is 0.382 e. The Bertz CT molecular complexity index is 154. The molecule has 0 heterocycles. The number of carbonyl (C=O) groups is 1. The molecule has 2 nitrogen and oxygen atoms in total. The third-order valence-electron chi connectivity index (χ3n) is 1.25. The van der Waals surface area contributed by atoms with Gasteiger partial charge in [0.25, 0.3) is 0 Å². The molecule has 0 bridgehead atoms. The van der Waals surface area contributed by atoms with E-state index in [0.29, 0.717) is 0 Å². The lowest BCUT2D eigenvalue weighted by Crippen LogP contribution is -2.17. The SMILES string of the molecule is CC(=O)/C=C(/C)N(C)C[Si]. The van der Waals surface area contributed by atoms with Crippen molar-refractivity contribution in [2.24, 2.45) is 0 Å². The summed E-state index contributed by atoms with van der Waals surface area (Å²) in [6.45, 7) is 3.45. The summed E-state index contributed by atoms with van der Waals surface area (Å²) >= 11 is 0. The zero-order valence-electron chi connectivity index (χ0n) is 6.64. The highest BCUT2D eigenvalue weighted by Crippen LogP contribution is 1.96. The number of allylic oxidation sites excluding steroid dienone is 2. The Morgan fingerprint density at radius 2 is 2.10 bits per heavy atom. The minimum absolute atomic E-state index is 0.0875. The fourth-order valence-corrected chi connectivity index (χ4v) is 0.778. The Hall–Kier alpha value is -0.573. The van der Waals surface area contributed by atoms with Gasteiger partial charge in [0.1, 0.15) is 0 Å². The molecule has 10 heavy (non-hydrogen) atoms. The van der Waals surface area contributed by atoms with Gasteiger partial charge in [0.2, 0.25) is 0 Å². The first-order chi connectivity index (χ1) is 4.57. The number of hydrogen-bond acceptors (Lipinski definition) is 2. The molecule has 55 valence electrons. The van der Waals surface area contributed by atoms with Crippen molar-refractivity contribution < 1.29 is 4.79 Å². The number of nitrogens with zero attached hydrogens (tertiary/aromatic N) is 1. The molecule has 0 amide bonds. The standard InChI is InChI=1S/C7H12NOSi/c1-6(4-7(2)9)8(3)5-10/h4H,5H2,1-3H3/b6-4-. The summed E-state index contributed by atoms with van der Waals surface area (Å²) < 4.78 is 0. The van der Waals surface area contributed by atoms with Crippen molar-refractivity contribution >= 4 is 16.0 Å². The summed E-state index contributed by atoms with van der Waals surface area (Å²) in [6.07, 6.45) is 2.36. The van der Waals surface area contributed by atoms with Gasteiger partial charge >= 0.3 is 0 Å². The zero-order chi connectivity index (χ0) is 8.15. The van der Waals surface area contributed by atoms with Crippen molar-refractivity contribution in [1.82, 2.24) is 4.90 Å². The summed E-state index contributed by atoms with van der Waals surface area (Å²) in [4.78, 5) is 12.5. The van der Waals surface area contributed by atoms with Crippen LogP contribution in [0, 0.1) is 0 Å².